The molecule has 2 N–H and O–H groups in total. The number of carboxylic acid groups (broad SMARTS) is 1. The lowest BCUT2D eigenvalue weighted by Crippen LogP contribution is -2.35. The molecule has 1 aromatic heterocycles. The molecule has 1 atom stereocenters. The zero-order chi connectivity index (χ0) is 8.97. The molecule has 0 aliphatic rings. The van der Waals surface area contributed by atoms with E-state index >= 15 is 0 Å². The summed E-state index contributed by atoms with van der Waals surface area (Å²) < 4.78 is 0. The SMILES string of the molecule is CNC(Cc1cncs1)C(=O)O. The Morgan fingerprint density at radius 1 is 1.92 bits per heavy atom. The molecule has 0 radical (unpaired) electrons. The first-order valence-electron chi connectivity index (χ1n) is 3.51. The van der Waals surface area contributed by atoms with E-state index < -0.39 is 12.0 Å². The van der Waals surface area contributed by atoms with Crippen LogP contribution in [0.15, 0.2) is 11.7 Å². The number of aliphatic carboxylic acids is 1. The Bertz CT molecular complexity index is 248. The summed E-state index contributed by atoms with van der Waals surface area (Å²) in [5.41, 5.74) is 1.70. The first-order valence-corrected chi connectivity index (χ1v) is 4.39. The third kappa shape index (κ3) is 2.28. The van der Waals surface area contributed by atoms with E-state index in [1.54, 1.807) is 18.8 Å². The second-order valence-corrected chi connectivity index (χ2v) is 3.32. The largest absolute Gasteiger partial charge is 0.480 e. The van der Waals surface area contributed by atoms with Crippen molar-refractivity contribution >= 4 is 17.3 Å². The quantitative estimate of drug-likeness (QED) is 0.712. The van der Waals surface area contributed by atoms with Gasteiger partial charge in [-0.3, -0.25) is 9.78 Å². The van der Waals surface area contributed by atoms with E-state index in [0.717, 1.165) is 4.88 Å². The highest BCUT2D eigenvalue weighted by atomic mass is 32.1. The minimum absolute atomic E-state index is 0.497. The highest BCUT2D eigenvalue weighted by Gasteiger charge is 2.15. The summed E-state index contributed by atoms with van der Waals surface area (Å²) in [5, 5.41) is 11.4. The van der Waals surface area contributed by atoms with Crippen LogP contribution in [-0.2, 0) is 11.2 Å². The lowest BCUT2D eigenvalue weighted by Gasteiger charge is -2.08. The summed E-state index contributed by atoms with van der Waals surface area (Å²) in [7, 11) is 1.64. The Morgan fingerprint density at radius 3 is 3.08 bits per heavy atom. The molecular formula is C7H10N2O2S. The predicted octanol–water partition coefficient (Wildman–Crippen LogP) is 0.358. The van der Waals surface area contributed by atoms with E-state index in [1.165, 1.54) is 11.3 Å². The molecule has 0 bridgehead atoms. The van der Waals surface area contributed by atoms with Gasteiger partial charge in [0.2, 0.25) is 0 Å². The van der Waals surface area contributed by atoms with Gasteiger partial charge in [-0.15, -0.1) is 11.3 Å². The van der Waals surface area contributed by atoms with Crippen molar-refractivity contribution in [2.75, 3.05) is 7.05 Å². The molecule has 4 nitrogen and oxygen atoms in total. The van der Waals surface area contributed by atoms with Crippen molar-refractivity contribution in [1.82, 2.24) is 10.3 Å². The Kier molecular flexibility index (Phi) is 3.19. The molecule has 1 heterocycles. The van der Waals surface area contributed by atoms with E-state index in [1.807, 2.05) is 0 Å². The summed E-state index contributed by atoms with van der Waals surface area (Å²) in [4.78, 5) is 15.4. The van der Waals surface area contributed by atoms with E-state index in [4.69, 9.17) is 5.11 Å². The molecule has 12 heavy (non-hydrogen) atoms. The van der Waals surface area contributed by atoms with Crippen LogP contribution in [0.3, 0.4) is 0 Å². The van der Waals surface area contributed by atoms with Crippen LogP contribution in [0.4, 0.5) is 0 Å². The molecule has 5 heteroatoms. The van der Waals surface area contributed by atoms with Gasteiger partial charge in [0.15, 0.2) is 0 Å². The predicted molar refractivity (Wildman–Crippen MR) is 46.3 cm³/mol. The van der Waals surface area contributed by atoms with Crippen LogP contribution < -0.4 is 5.32 Å². The van der Waals surface area contributed by atoms with Gasteiger partial charge in [0.25, 0.3) is 0 Å². The highest BCUT2D eigenvalue weighted by Crippen LogP contribution is 2.08. The Balaban J connectivity index is 2.54. The van der Waals surface area contributed by atoms with Crippen molar-refractivity contribution < 1.29 is 9.90 Å². The van der Waals surface area contributed by atoms with Crippen LogP contribution >= 0.6 is 11.3 Å². The van der Waals surface area contributed by atoms with E-state index in [9.17, 15) is 4.79 Å². The van der Waals surface area contributed by atoms with Crippen molar-refractivity contribution in [3.63, 3.8) is 0 Å². The summed E-state index contributed by atoms with van der Waals surface area (Å²) in [6.07, 6.45) is 2.19. The van der Waals surface area contributed by atoms with Crippen LogP contribution in [0, 0.1) is 0 Å². The zero-order valence-corrected chi connectivity index (χ0v) is 7.47. The van der Waals surface area contributed by atoms with E-state index in [-0.39, 0.29) is 0 Å². The summed E-state index contributed by atoms with van der Waals surface area (Å²) in [6, 6.07) is -0.509. The molecule has 1 unspecified atom stereocenters. The lowest BCUT2D eigenvalue weighted by atomic mass is 10.2. The van der Waals surface area contributed by atoms with E-state index in [2.05, 4.69) is 10.3 Å². The van der Waals surface area contributed by atoms with Crippen LogP contribution in [0.5, 0.6) is 0 Å². The molecule has 0 saturated carbocycles. The molecule has 0 spiro atoms. The third-order valence-electron chi connectivity index (χ3n) is 1.54. The number of carbonyl (C=O) groups is 1. The number of likely N-dealkylation sites (N-methyl/N-ethyl adjacent to an activating group) is 1. The van der Waals surface area contributed by atoms with Crippen LogP contribution in [-0.4, -0.2) is 29.1 Å². The van der Waals surface area contributed by atoms with Gasteiger partial charge in [-0.1, -0.05) is 0 Å². The topological polar surface area (TPSA) is 62.2 Å². The van der Waals surface area contributed by atoms with Gasteiger partial charge in [0, 0.05) is 17.5 Å². The third-order valence-corrected chi connectivity index (χ3v) is 2.34. The van der Waals surface area contributed by atoms with Gasteiger partial charge in [-0.25, -0.2) is 0 Å². The van der Waals surface area contributed by atoms with Crippen molar-refractivity contribution in [1.29, 1.82) is 0 Å². The second kappa shape index (κ2) is 4.18. The van der Waals surface area contributed by atoms with E-state index in [0.29, 0.717) is 6.42 Å². The van der Waals surface area contributed by atoms with Crippen molar-refractivity contribution in [3.05, 3.63) is 16.6 Å². The number of hydrogen-bond acceptors (Lipinski definition) is 4. The van der Waals surface area contributed by atoms with Crippen LogP contribution in [0.1, 0.15) is 4.88 Å². The van der Waals surface area contributed by atoms with Gasteiger partial charge in [0.1, 0.15) is 6.04 Å². The van der Waals surface area contributed by atoms with Gasteiger partial charge in [-0.05, 0) is 7.05 Å². The summed E-state index contributed by atoms with van der Waals surface area (Å²) in [5.74, 6) is -0.828. The number of rotatable bonds is 4. The Morgan fingerprint density at radius 2 is 2.67 bits per heavy atom. The average Bonchev–Trinajstić information content (AvgIpc) is 2.51. The summed E-state index contributed by atoms with van der Waals surface area (Å²) in [6.45, 7) is 0. The van der Waals surface area contributed by atoms with Crippen molar-refractivity contribution in [3.8, 4) is 0 Å². The number of nitrogens with zero attached hydrogens (tertiary/aromatic N) is 1. The maximum Gasteiger partial charge on any atom is 0.321 e. The molecule has 0 amide bonds. The standard InChI is InChI=1S/C7H10N2O2S/c1-8-6(7(10)11)2-5-3-9-4-12-5/h3-4,6,8H,2H2,1H3,(H,10,11). The monoisotopic (exact) mass is 186 g/mol. The van der Waals surface area contributed by atoms with Crippen LogP contribution in [0.25, 0.3) is 0 Å². The van der Waals surface area contributed by atoms with Gasteiger partial charge >= 0.3 is 5.97 Å². The Labute approximate surface area is 74.3 Å². The number of hydrogen-bond donors (Lipinski definition) is 2. The van der Waals surface area contributed by atoms with Crippen molar-refractivity contribution in [2.24, 2.45) is 0 Å². The maximum atomic E-state index is 10.6. The highest BCUT2D eigenvalue weighted by molar-refractivity contribution is 7.09. The normalized spacial score (nSPS) is 12.8. The molecule has 0 fully saturated rings. The molecule has 1 aromatic rings. The number of aromatic nitrogens is 1. The molecular weight excluding hydrogens is 176 g/mol. The number of carboxylic acids is 1. The van der Waals surface area contributed by atoms with Crippen molar-refractivity contribution in [2.45, 2.75) is 12.5 Å². The summed E-state index contributed by atoms with van der Waals surface area (Å²) >= 11 is 1.47. The van der Waals surface area contributed by atoms with Gasteiger partial charge < -0.3 is 10.4 Å². The number of thiazole rings is 1. The first-order chi connectivity index (χ1) is 5.74. The maximum absolute atomic E-state index is 10.6. The number of nitrogens with one attached hydrogen (secondary N) is 1. The smallest absolute Gasteiger partial charge is 0.321 e. The zero-order valence-electron chi connectivity index (χ0n) is 6.65. The fourth-order valence-electron chi connectivity index (χ4n) is 0.857. The van der Waals surface area contributed by atoms with Crippen LogP contribution in [0.2, 0.25) is 0 Å². The molecule has 0 aliphatic heterocycles. The second-order valence-electron chi connectivity index (χ2n) is 2.35. The first kappa shape index (κ1) is 9.15. The fourth-order valence-corrected chi connectivity index (χ4v) is 1.50. The molecule has 1 rings (SSSR count). The fraction of sp³-hybridized carbons (Fsp3) is 0.429. The minimum Gasteiger partial charge on any atom is -0.480 e. The molecule has 0 aliphatic carbocycles. The van der Waals surface area contributed by atoms with Gasteiger partial charge in [0.05, 0.1) is 5.51 Å². The molecule has 0 saturated heterocycles. The molecule has 66 valence electrons. The average molecular weight is 186 g/mol. The van der Waals surface area contributed by atoms with Gasteiger partial charge in [-0.2, -0.15) is 0 Å². The minimum atomic E-state index is -0.828. The molecule has 0 aromatic carbocycles. The Hall–Kier alpha value is -0.940. The lowest BCUT2D eigenvalue weighted by molar-refractivity contribution is -0.139.